The summed E-state index contributed by atoms with van der Waals surface area (Å²) in [6.07, 6.45) is 4.12. The Labute approximate surface area is 175 Å². The molecule has 0 radical (unpaired) electrons. The summed E-state index contributed by atoms with van der Waals surface area (Å²) in [7, 11) is 1.24. The quantitative estimate of drug-likeness (QED) is 0.569. The highest BCUT2D eigenvalue weighted by atomic mass is 16.5. The molecule has 2 aliphatic rings. The Morgan fingerprint density at radius 2 is 1.80 bits per heavy atom. The van der Waals surface area contributed by atoms with Crippen molar-refractivity contribution in [3.05, 3.63) is 42.3 Å². The van der Waals surface area contributed by atoms with Crippen LogP contribution in [0.5, 0.6) is 0 Å². The van der Waals surface area contributed by atoms with E-state index in [0.717, 1.165) is 29.7 Å². The van der Waals surface area contributed by atoms with Gasteiger partial charge in [-0.1, -0.05) is 32.9 Å². The standard InChI is InChI=1S/C23H26N2O5/c1-21-11-22(2,19-24-15-7-5-6-8-16(15)30-19)13-23(3,12-21)20(28)25(14-21)17(26)9-10-18(27)29-4/h5-10H,11-14H2,1-4H3/b10-9+/t21-,22+,23-/m1/s1. The number of rotatable bonds is 3. The second kappa shape index (κ2) is 6.79. The molecule has 2 amide bonds. The van der Waals surface area contributed by atoms with Crippen molar-refractivity contribution in [1.29, 1.82) is 0 Å². The van der Waals surface area contributed by atoms with Crippen LogP contribution in [0.1, 0.15) is 45.9 Å². The fourth-order valence-corrected chi connectivity index (χ4v) is 5.73. The van der Waals surface area contributed by atoms with Crippen LogP contribution in [0.2, 0.25) is 0 Å². The smallest absolute Gasteiger partial charge is 0.330 e. The van der Waals surface area contributed by atoms with E-state index in [1.54, 1.807) is 0 Å². The lowest BCUT2D eigenvalue weighted by molar-refractivity contribution is -0.167. The number of likely N-dealkylation sites (tertiary alicyclic amines) is 1. The van der Waals surface area contributed by atoms with Crippen molar-refractivity contribution in [2.75, 3.05) is 13.7 Å². The number of ether oxygens (including phenoxy) is 1. The average Bonchev–Trinajstić information content (AvgIpc) is 3.13. The number of hydrogen-bond acceptors (Lipinski definition) is 6. The molecule has 1 aliphatic carbocycles. The molecule has 4 rings (SSSR count). The van der Waals surface area contributed by atoms with Gasteiger partial charge in [0.15, 0.2) is 5.58 Å². The molecule has 30 heavy (non-hydrogen) atoms. The third-order valence-electron chi connectivity index (χ3n) is 6.35. The molecular formula is C23H26N2O5. The van der Waals surface area contributed by atoms with E-state index in [-0.39, 0.29) is 11.3 Å². The number of imide groups is 1. The van der Waals surface area contributed by atoms with E-state index in [1.165, 1.54) is 12.0 Å². The molecule has 1 saturated heterocycles. The first-order chi connectivity index (χ1) is 14.1. The zero-order valence-electron chi connectivity index (χ0n) is 17.7. The van der Waals surface area contributed by atoms with Crippen molar-refractivity contribution >= 4 is 28.9 Å². The first-order valence-corrected chi connectivity index (χ1v) is 10.1. The summed E-state index contributed by atoms with van der Waals surface area (Å²) in [5.74, 6) is -0.706. The van der Waals surface area contributed by atoms with Crippen molar-refractivity contribution in [3.8, 4) is 0 Å². The minimum atomic E-state index is -0.727. The fourth-order valence-electron chi connectivity index (χ4n) is 5.73. The Kier molecular flexibility index (Phi) is 4.60. The number of fused-ring (bicyclic) bond motifs is 3. The molecule has 158 valence electrons. The molecule has 3 atom stereocenters. The molecule has 2 aromatic rings. The molecule has 1 aromatic heterocycles. The number of carbonyl (C=O) groups is 3. The van der Waals surface area contributed by atoms with Gasteiger partial charge in [0.2, 0.25) is 11.8 Å². The van der Waals surface area contributed by atoms with Crippen molar-refractivity contribution in [2.45, 2.75) is 45.4 Å². The number of carbonyl (C=O) groups excluding carboxylic acids is 3. The number of nitrogens with zero attached hydrogens (tertiary/aromatic N) is 2. The van der Waals surface area contributed by atoms with E-state index < -0.39 is 22.7 Å². The maximum atomic E-state index is 13.4. The molecule has 1 aromatic carbocycles. The van der Waals surface area contributed by atoms with Crippen LogP contribution in [0.25, 0.3) is 11.1 Å². The number of hydrogen-bond donors (Lipinski definition) is 0. The number of methoxy groups -OCH3 is 1. The topological polar surface area (TPSA) is 89.7 Å². The molecule has 0 N–H and O–H groups in total. The van der Waals surface area contributed by atoms with E-state index in [1.807, 2.05) is 31.2 Å². The van der Waals surface area contributed by atoms with E-state index in [9.17, 15) is 14.4 Å². The number of esters is 1. The first-order valence-electron chi connectivity index (χ1n) is 10.1. The van der Waals surface area contributed by atoms with E-state index in [0.29, 0.717) is 25.3 Å². The monoisotopic (exact) mass is 410 g/mol. The zero-order chi connectivity index (χ0) is 21.7. The third kappa shape index (κ3) is 3.32. The maximum absolute atomic E-state index is 13.4. The van der Waals surface area contributed by atoms with E-state index in [4.69, 9.17) is 9.40 Å². The highest BCUT2D eigenvalue weighted by Crippen LogP contribution is 2.58. The predicted octanol–water partition coefficient (Wildman–Crippen LogP) is 3.38. The summed E-state index contributed by atoms with van der Waals surface area (Å²) in [6, 6.07) is 7.64. The normalized spacial score (nSPS) is 31.3. The maximum Gasteiger partial charge on any atom is 0.330 e. The number of aromatic nitrogens is 1. The number of amides is 2. The zero-order valence-corrected chi connectivity index (χ0v) is 17.7. The van der Waals surface area contributed by atoms with Gasteiger partial charge in [0.25, 0.3) is 5.91 Å². The highest BCUT2D eigenvalue weighted by Gasteiger charge is 2.59. The van der Waals surface area contributed by atoms with Gasteiger partial charge in [-0.05, 0) is 36.8 Å². The van der Waals surface area contributed by atoms with Gasteiger partial charge in [0.05, 0.1) is 7.11 Å². The Morgan fingerprint density at radius 3 is 2.50 bits per heavy atom. The van der Waals surface area contributed by atoms with Crippen LogP contribution in [0.15, 0.2) is 40.8 Å². The van der Waals surface area contributed by atoms with Gasteiger partial charge in [-0.2, -0.15) is 0 Å². The lowest BCUT2D eigenvalue weighted by Crippen LogP contribution is -2.62. The van der Waals surface area contributed by atoms with Crippen LogP contribution in [-0.2, 0) is 24.5 Å². The Morgan fingerprint density at radius 1 is 1.10 bits per heavy atom. The summed E-state index contributed by atoms with van der Waals surface area (Å²) < 4.78 is 10.6. The lowest BCUT2D eigenvalue weighted by atomic mass is 9.52. The molecule has 7 heteroatoms. The minimum Gasteiger partial charge on any atom is -0.466 e. The number of benzene rings is 1. The summed E-state index contributed by atoms with van der Waals surface area (Å²) in [4.78, 5) is 43.3. The molecule has 0 unspecified atom stereocenters. The summed E-state index contributed by atoms with van der Waals surface area (Å²) in [5, 5.41) is 0. The van der Waals surface area contributed by atoms with Crippen molar-refractivity contribution in [3.63, 3.8) is 0 Å². The number of para-hydroxylation sites is 2. The molecule has 1 saturated carbocycles. The Hall–Kier alpha value is -2.96. The van der Waals surface area contributed by atoms with Crippen LogP contribution in [-0.4, -0.2) is 41.3 Å². The van der Waals surface area contributed by atoms with Gasteiger partial charge in [0.1, 0.15) is 5.52 Å². The molecule has 0 spiro atoms. The van der Waals surface area contributed by atoms with Crippen LogP contribution < -0.4 is 0 Å². The van der Waals surface area contributed by atoms with Gasteiger partial charge in [0, 0.05) is 29.5 Å². The number of piperidine rings is 1. The molecular weight excluding hydrogens is 384 g/mol. The average molecular weight is 410 g/mol. The lowest BCUT2D eigenvalue weighted by Gasteiger charge is -2.56. The first kappa shape index (κ1) is 20.3. The van der Waals surface area contributed by atoms with Gasteiger partial charge in [-0.3, -0.25) is 14.5 Å². The SMILES string of the molecule is COC(=O)/C=C/C(=O)N1C[C@@]2(C)C[C@](C)(C[C@@](C)(c3nc4ccccc4o3)C2)C1=O. The van der Waals surface area contributed by atoms with Gasteiger partial charge >= 0.3 is 5.97 Å². The second-order valence-corrected chi connectivity index (χ2v) is 9.54. The van der Waals surface area contributed by atoms with Crippen LogP contribution in [0.3, 0.4) is 0 Å². The van der Waals surface area contributed by atoms with Gasteiger partial charge < -0.3 is 9.15 Å². The van der Waals surface area contributed by atoms with E-state index in [2.05, 4.69) is 18.6 Å². The third-order valence-corrected chi connectivity index (χ3v) is 6.35. The van der Waals surface area contributed by atoms with Crippen LogP contribution >= 0.6 is 0 Å². The van der Waals surface area contributed by atoms with Crippen LogP contribution in [0, 0.1) is 10.8 Å². The molecule has 7 nitrogen and oxygen atoms in total. The van der Waals surface area contributed by atoms with Crippen molar-refractivity contribution in [1.82, 2.24) is 9.88 Å². The van der Waals surface area contributed by atoms with Gasteiger partial charge in [-0.25, -0.2) is 9.78 Å². The largest absolute Gasteiger partial charge is 0.466 e. The minimum absolute atomic E-state index is 0.221. The summed E-state index contributed by atoms with van der Waals surface area (Å²) in [5.41, 5.74) is 0.0974. The molecule has 2 heterocycles. The molecule has 2 fully saturated rings. The number of oxazole rings is 1. The summed E-state index contributed by atoms with van der Waals surface area (Å²) >= 11 is 0. The summed E-state index contributed by atoms with van der Waals surface area (Å²) in [6.45, 7) is 6.40. The molecule has 1 aliphatic heterocycles. The van der Waals surface area contributed by atoms with Crippen molar-refractivity contribution in [2.24, 2.45) is 10.8 Å². The Bertz CT molecular complexity index is 1040. The van der Waals surface area contributed by atoms with E-state index >= 15 is 0 Å². The fraction of sp³-hybridized carbons (Fsp3) is 0.478. The predicted molar refractivity (Wildman–Crippen MR) is 109 cm³/mol. The van der Waals surface area contributed by atoms with Crippen molar-refractivity contribution < 1.29 is 23.5 Å². The highest BCUT2D eigenvalue weighted by molar-refractivity contribution is 6.05. The van der Waals surface area contributed by atoms with Gasteiger partial charge in [-0.15, -0.1) is 0 Å². The second-order valence-electron chi connectivity index (χ2n) is 9.54. The molecule has 2 bridgehead atoms. The Balaban J connectivity index is 1.66. The van der Waals surface area contributed by atoms with Crippen LogP contribution in [0.4, 0.5) is 0 Å².